The van der Waals surface area contributed by atoms with Gasteiger partial charge in [-0.05, 0) is 12.8 Å². The number of nitrogens with one attached hydrogen (secondary N) is 2. The lowest BCUT2D eigenvalue weighted by atomic mass is 10.2. The first-order chi connectivity index (χ1) is 8.11. The second-order valence-electron chi connectivity index (χ2n) is 4.26. The third kappa shape index (κ3) is 6.77. The summed E-state index contributed by atoms with van der Waals surface area (Å²) in [5, 5.41) is 10.2. The molecule has 1 rings (SSSR count). The van der Waals surface area contributed by atoms with E-state index in [-0.39, 0.29) is 24.0 Å². The van der Waals surface area contributed by atoms with Gasteiger partial charge >= 0.3 is 0 Å². The lowest BCUT2D eigenvalue weighted by Gasteiger charge is -2.12. The Labute approximate surface area is 125 Å². The van der Waals surface area contributed by atoms with Crippen LogP contribution >= 0.6 is 24.0 Å². The zero-order chi connectivity index (χ0) is 12.7. The molecule has 0 fully saturated rings. The number of hydrogen-bond acceptors (Lipinski definition) is 4. The summed E-state index contributed by atoms with van der Waals surface area (Å²) in [4.78, 5) is 8.25. The van der Waals surface area contributed by atoms with Gasteiger partial charge in [0.25, 0.3) is 0 Å². The minimum absolute atomic E-state index is 0. The molecule has 1 aromatic heterocycles. The number of hydrogen-bond donors (Lipinski definition) is 2. The summed E-state index contributed by atoms with van der Waals surface area (Å²) in [6.45, 7) is 7.74. The zero-order valence-electron chi connectivity index (χ0n) is 11.4. The minimum atomic E-state index is 0. The Hall–Kier alpha value is -0.860. The van der Waals surface area contributed by atoms with Gasteiger partial charge in [-0.25, -0.2) is 0 Å². The standard InChI is InChI=1S/C11H21N5O.HI/c1-8(2)7-14-11(12-4)13-6-5-10-15-9(3)16-17-10;/h8H,5-7H2,1-4H3,(H2,12,13,14);1H. The molecule has 1 aromatic rings. The van der Waals surface area contributed by atoms with E-state index >= 15 is 0 Å². The smallest absolute Gasteiger partial charge is 0.228 e. The number of guanidine groups is 1. The highest BCUT2D eigenvalue weighted by molar-refractivity contribution is 14.0. The molecule has 1 heterocycles. The Balaban J connectivity index is 0.00000289. The van der Waals surface area contributed by atoms with E-state index < -0.39 is 0 Å². The predicted molar refractivity (Wildman–Crippen MR) is 82.4 cm³/mol. The van der Waals surface area contributed by atoms with Crippen molar-refractivity contribution in [1.29, 1.82) is 0 Å². The van der Waals surface area contributed by atoms with Gasteiger partial charge in [0.1, 0.15) is 0 Å². The molecule has 0 aliphatic carbocycles. The number of halogens is 1. The van der Waals surface area contributed by atoms with Crippen LogP contribution in [0.2, 0.25) is 0 Å². The van der Waals surface area contributed by atoms with E-state index in [1.54, 1.807) is 7.05 Å². The van der Waals surface area contributed by atoms with Gasteiger partial charge in [0.2, 0.25) is 5.89 Å². The van der Waals surface area contributed by atoms with Crippen LogP contribution in [0.4, 0.5) is 0 Å². The summed E-state index contributed by atoms with van der Waals surface area (Å²) < 4.78 is 5.02. The highest BCUT2D eigenvalue weighted by Crippen LogP contribution is 1.95. The first-order valence-corrected chi connectivity index (χ1v) is 5.85. The monoisotopic (exact) mass is 367 g/mol. The predicted octanol–water partition coefficient (Wildman–Crippen LogP) is 1.36. The van der Waals surface area contributed by atoms with Crippen LogP contribution in [0.1, 0.15) is 25.6 Å². The molecule has 0 aliphatic heterocycles. The summed E-state index contributed by atoms with van der Waals surface area (Å²) in [5.41, 5.74) is 0. The number of nitrogens with zero attached hydrogens (tertiary/aromatic N) is 3. The molecule has 0 saturated carbocycles. The SMILES string of the molecule is CN=C(NCCc1nc(C)no1)NCC(C)C.I. The van der Waals surface area contributed by atoms with Crippen LogP contribution in [0.5, 0.6) is 0 Å². The highest BCUT2D eigenvalue weighted by Gasteiger charge is 2.03. The van der Waals surface area contributed by atoms with E-state index in [9.17, 15) is 0 Å². The molecule has 0 spiro atoms. The van der Waals surface area contributed by atoms with E-state index in [1.807, 2.05) is 6.92 Å². The van der Waals surface area contributed by atoms with E-state index in [1.165, 1.54) is 0 Å². The average Bonchev–Trinajstić information content (AvgIpc) is 2.69. The van der Waals surface area contributed by atoms with Crippen LogP contribution in [0.15, 0.2) is 9.52 Å². The molecule has 0 aliphatic rings. The molecule has 0 radical (unpaired) electrons. The molecule has 0 unspecified atom stereocenters. The molecule has 104 valence electrons. The van der Waals surface area contributed by atoms with Gasteiger partial charge < -0.3 is 15.2 Å². The molecule has 7 heteroatoms. The largest absolute Gasteiger partial charge is 0.356 e. The van der Waals surface area contributed by atoms with Crippen molar-refractivity contribution < 1.29 is 4.52 Å². The molecule has 0 amide bonds. The van der Waals surface area contributed by atoms with Crippen LogP contribution in [-0.2, 0) is 6.42 Å². The Kier molecular flexibility index (Phi) is 8.69. The van der Waals surface area contributed by atoms with Crippen molar-refractivity contribution >= 4 is 29.9 Å². The van der Waals surface area contributed by atoms with Gasteiger partial charge in [-0.15, -0.1) is 24.0 Å². The number of rotatable bonds is 5. The van der Waals surface area contributed by atoms with Crippen LogP contribution in [0, 0.1) is 12.8 Å². The lowest BCUT2D eigenvalue weighted by molar-refractivity contribution is 0.374. The van der Waals surface area contributed by atoms with E-state index in [2.05, 4.69) is 39.6 Å². The van der Waals surface area contributed by atoms with Crippen molar-refractivity contribution in [3.63, 3.8) is 0 Å². The third-order valence-electron chi connectivity index (χ3n) is 2.10. The maximum atomic E-state index is 5.02. The molecule has 6 nitrogen and oxygen atoms in total. The fourth-order valence-electron chi connectivity index (χ4n) is 1.25. The summed E-state index contributed by atoms with van der Waals surface area (Å²) in [5.74, 6) is 2.71. The van der Waals surface area contributed by atoms with E-state index in [0.717, 1.165) is 19.0 Å². The van der Waals surface area contributed by atoms with Crippen molar-refractivity contribution in [3.8, 4) is 0 Å². The topological polar surface area (TPSA) is 75.3 Å². The molecular formula is C11H22IN5O. The quantitative estimate of drug-likeness (QED) is 0.467. The van der Waals surface area contributed by atoms with Crippen LogP contribution in [0.3, 0.4) is 0 Å². The minimum Gasteiger partial charge on any atom is -0.356 e. The molecule has 0 aromatic carbocycles. The zero-order valence-corrected chi connectivity index (χ0v) is 13.7. The maximum absolute atomic E-state index is 5.02. The Morgan fingerprint density at radius 2 is 2.11 bits per heavy atom. The molecular weight excluding hydrogens is 345 g/mol. The molecule has 0 saturated heterocycles. The Morgan fingerprint density at radius 1 is 1.39 bits per heavy atom. The Morgan fingerprint density at radius 3 is 2.61 bits per heavy atom. The molecule has 18 heavy (non-hydrogen) atoms. The van der Waals surface area contributed by atoms with Gasteiger partial charge in [0.05, 0.1) is 0 Å². The van der Waals surface area contributed by atoms with Crippen LogP contribution in [-0.4, -0.2) is 36.2 Å². The van der Waals surface area contributed by atoms with Crippen molar-refractivity contribution in [1.82, 2.24) is 20.8 Å². The first-order valence-electron chi connectivity index (χ1n) is 5.85. The van der Waals surface area contributed by atoms with Gasteiger partial charge in [-0.2, -0.15) is 4.98 Å². The fourth-order valence-corrected chi connectivity index (χ4v) is 1.25. The third-order valence-corrected chi connectivity index (χ3v) is 2.10. The van der Waals surface area contributed by atoms with Crippen molar-refractivity contribution in [2.75, 3.05) is 20.1 Å². The fraction of sp³-hybridized carbons (Fsp3) is 0.727. The lowest BCUT2D eigenvalue weighted by Crippen LogP contribution is -2.39. The number of aryl methyl sites for hydroxylation is 1. The van der Waals surface area contributed by atoms with E-state index in [4.69, 9.17) is 4.52 Å². The number of aliphatic imine (C=N–C) groups is 1. The van der Waals surface area contributed by atoms with Crippen molar-refractivity contribution in [3.05, 3.63) is 11.7 Å². The summed E-state index contributed by atoms with van der Waals surface area (Å²) >= 11 is 0. The molecule has 2 N–H and O–H groups in total. The van der Waals surface area contributed by atoms with Gasteiger partial charge in [0.15, 0.2) is 11.8 Å². The van der Waals surface area contributed by atoms with Gasteiger partial charge in [-0.1, -0.05) is 19.0 Å². The number of aromatic nitrogens is 2. The highest BCUT2D eigenvalue weighted by atomic mass is 127. The second-order valence-corrected chi connectivity index (χ2v) is 4.26. The molecule has 0 atom stereocenters. The van der Waals surface area contributed by atoms with E-state index in [0.29, 0.717) is 24.1 Å². The van der Waals surface area contributed by atoms with Gasteiger partial charge in [0, 0.05) is 26.6 Å². The maximum Gasteiger partial charge on any atom is 0.228 e. The second kappa shape index (κ2) is 9.12. The first kappa shape index (κ1) is 17.1. The van der Waals surface area contributed by atoms with Crippen molar-refractivity contribution in [2.24, 2.45) is 10.9 Å². The summed E-state index contributed by atoms with van der Waals surface area (Å²) in [6, 6.07) is 0. The van der Waals surface area contributed by atoms with Crippen LogP contribution < -0.4 is 10.6 Å². The van der Waals surface area contributed by atoms with Crippen molar-refractivity contribution in [2.45, 2.75) is 27.2 Å². The Bertz CT molecular complexity index is 364. The average molecular weight is 367 g/mol. The molecule has 0 bridgehead atoms. The summed E-state index contributed by atoms with van der Waals surface area (Å²) in [6.07, 6.45) is 0.698. The normalized spacial score (nSPS) is 11.3. The van der Waals surface area contributed by atoms with Crippen LogP contribution in [0.25, 0.3) is 0 Å². The van der Waals surface area contributed by atoms with Gasteiger partial charge in [-0.3, -0.25) is 4.99 Å². The summed E-state index contributed by atoms with van der Waals surface area (Å²) in [7, 11) is 1.76.